The Morgan fingerprint density at radius 2 is 2.08 bits per heavy atom. The van der Waals surface area contributed by atoms with Gasteiger partial charge < -0.3 is 4.90 Å². The van der Waals surface area contributed by atoms with E-state index in [0.29, 0.717) is 23.3 Å². The summed E-state index contributed by atoms with van der Waals surface area (Å²) in [4.78, 5) is 14.0. The Hall–Kier alpha value is -2.05. The number of nitrogens with zero attached hydrogens (tertiary/aromatic N) is 4. The van der Waals surface area contributed by atoms with E-state index in [4.69, 9.17) is 11.6 Å². The van der Waals surface area contributed by atoms with Crippen molar-refractivity contribution in [2.75, 3.05) is 18.8 Å². The maximum absolute atomic E-state index is 12.3. The van der Waals surface area contributed by atoms with Crippen molar-refractivity contribution in [2.24, 2.45) is 0 Å². The zero-order valence-corrected chi connectivity index (χ0v) is 15.1. The second-order valence-electron chi connectivity index (χ2n) is 5.08. The van der Waals surface area contributed by atoms with Crippen molar-refractivity contribution < 1.29 is 4.79 Å². The molecule has 1 heterocycles. The minimum Gasteiger partial charge on any atom is -0.335 e. The molecular formula is C17H19ClN4OS. The standard InChI is InChI=1S/C17H19ClN4OS/c1-4-8-21(9-5-2)16(23)11-24-17-20-19-12-22(17)14-7-6-13(3)15(18)10-14/h4-7,10,12H,1-2,8-9,11H2,3H3. The number of hydrogen-bond acceptors (Lipinski definition) is 4. The van der Waals surface area contributed by atoms with Gasteiger partial charge in [0.05, 0.1) is 11.4 Å². The second-order valence-corrected chi connectivity index (χ2v) is 6.43. The van der Waals surface area contributed by atoms with Gasteiger partial charge in [-0.05, 0) is 24.6 Å². The summed E-state index contributed by atoms with van der Waals surface area (Å²) in [5.41, 5.74) is 1.86. The average Bonchev–Trinajstić information content (AvgIpc) is 3.03. The highest BCUT2D eigenvalue weighted by molar-refractivity contribution is 7.99. The Labute approximate surface area is 151 Å². The molecule has 1 aromatic heterocycles. The first-order chi connectivity index (χ1) is 11.6. The highest BCUT2D eigenvalue weighted by Gasteiger charge is 2.14. The fraction of sp³-hybridized carbons (Fsp3) is 0.235. The molecule has 0 aliphatic rings. The fourth-order valence-corrected chi connectivity index (χ4v) is 3.05. The quantitative estimate of drug-likeness (QED) is 0.532. The third-order valence-electron chi connectivity index (χ3n) is 3.33. The molecule has 0 saturated carbocycles. The summed E-state index contributed by atoms with van der Waals surface area (Å²) < 4.78 is 1.81. The molecule has 7 heteroatoms. The number of benzene rings is 1. The van der Waals surface area contributed by atoms with E-state index in [1.165, 1.54) is 11.8 Å². The van der Waals surface area contributed by atoms with Crippen LogP contribution in [-0.2, 0) is 4.79 Å². The van der Waals surface area contributed by atoms with Crippen LogP contribution >= 0.6 is 23.4 Å². The highest BCUT2D eigenvalue weighted by Crippen LogP contribution is 2.23. The lowest BCUT2D eigenvalue weighted by molar-refractivity contribution is -0.127. The van der Waals surface area contributed by atoms with E-state index in [1.54, 1.807) is 23.4 Å². The summed E-state index contributed by atoms with van der Waals surface area (Å²) in [6.45, 7) is 10.3. The fourth-order valence-electron chi connectivity index (χ4n) is 2.04. The number of hydrogen-bond donors (Lipinski definition) is 0. The minimum absolute atomic E-state index is 0.00344. The molecule has 0 unspecified atom stereocenters. The summed E-state index contributed by atoms with van der Waals surface area (Å²) in [6, 6.07) is 5.74. The molecule has 2 rings (SSSR count). The lowest BCUT2D eigenvalue weighted by Gasteiger charge is -2.18. The molecule has 0 aliphatic heterocycles. The van der Waals surface area contributed by atoms with Crippen LogP contribution in [0.3, 0.4) is 0 Å². The molecule has 0 fully saturated rings. The number of amides is 1. The molecular weight excluding hydrogens is 344 g/mol. The van der Waals surface area contributed by atoms with E-state index in [1.807, 2.05) is 29.7 Å². The molecule has 0 bridgehead atoms. The summed E-state index contributed by atoms with van der Waals surface area (Å²) in [5, 5.41) is 9.34. The van der Waals surface area contributed by atoms with Gasteiger partial charge in [-0.25, -0.2) is 0 Å². The van der Waals surface area contributed by atoms with Crippen LogP contribution in [0.4, 0.5) is 0 Å². The van der Waals surface area contributed by atoms with E-state index >= 15 is 0 Å². The van der Waals surface area contributed by atoms with E-state index in [-0.39, 0.29) is 11.7 Å². The zero-order chi connectivity index (χ0) is 17.5. The van der Waals surface area contributed by atoms with Gasteiger partial charge in [0.25, 0.3) is 0 Å². The zero-order valence-electron chi connectivity index (χ0n) is 13.5. The normalized spacial score (nSPS) is 10.4. The summed E-state index contributed by atoms with van der Waals surface area (Å²) in [6.07, 6.45) is 5.00. The van der Waals surface area contributed by atoms with Crippen molar-refractivity contribution in [3.05, 3.63) is 60.4 Å². The SMILES string of the molecule is C=CCN(CC=C)C(=O)CSc1nncn1-c1ccc(C)c(Cl)c1. The number of aromatic nitrogens is 3. The first-order valence-electron chi connectivity index (χ1n) is 7.35. The Kier molecular flexibility index (Phi) is 6.63. The lowest BCUT2D eigenvalue weighted by Crippen LogP contribution is -2.32. The monoisotopic (exact) mass is 362 g/mol. The van der Waals surface area contributed by atoms with Crippen LogP contribution in [-0.4, -0.2) is 44.4 Å². The van der Waals surface area contributed by atoms with Gasteiger partial charge in [-0.3, -0.25) is 9.36 Å². The van der Waals surface area contributed by atoms with Gasteiger partial charge in [0.15, 0.2) is 5.16 Å². The predicted octanol–water partition coefficient (Wildman–Crippen LogP) is 3.52. The van der Waals surface area contributed by atoms with Gasteiger partial charge in [-0.1, -0.05) is 41.6 Å². The van der Waals surface area contributed by atoms with Gasteiger partial charge in [0.2, 0.25) is 5.91 Å². The third kappa shape index (κ3) is 4.49. The van der Waals surface area contributed by atoms with E-state index < -0.39 is 0 Å². The molecule has 126 valence electrons. The highest BCUT2D eigenvalue weighted by atomic mass is 35.5. The molecule has 1 aromatic carbocycles. The number of carbonyl (C=O) groups is 1. The Morgan fingerprint density at radius 3 is 2.71 bits per heavy atom. The number of carbonyl (C=O) groups excluding carboxylic acids is 1. The van der Waals surface area contributed by atoms with Crippen LogP contribution in [0.5, 0.6) is 0 Å². The van der Waals surface area contributed by atoms with E-state index in [9.17, 15) is 4.79 Å². The van der Waals surface area contributed by atoms with Crippen molar-refractivity contribution in [1.29, 1.82) is 0 Å². The first-order valence-corrected chi connectivity index (χ1v) is 8.72. The minimum atomic E-state index is -0.00344. The summed E-state index contributed by atoms with van der Waals surface area (Å²) in [5.74, 6) is 0.260. The van der Waals surface area contributed by atoms with Crippen molar-refractivity contribution in [2.45, 2.75) is 12.1 Å². The summed E-state index contributed by atoms with van der Waals surface area (Å²) >= 11 is 7.51. The van der Waals surface area contributed by atoms with Crippen LogP contribution in [0.15, 0.2) is 55.0 Å². The molecule has 0 spiro atoms. The molecule has 2 aromatic rings. The lowest BCUT2D eigenvalue weighted by atomic mass is 10.2. The van der Waals surface area contributed by atoms with E-state index in [2.05, 4.69) is 23.4 Å². The molecule has 0 radical (unpaired) electrons. The Morgan fingerprint density at radius 1 is 1.38 bits per heavy atom. The number of aryl methyl sites for hydroxylation is 1. The van der Waals surface area contributed by atoms with Crippen LogP contribution in [0.25, 0.3) is 5.69 Å². The van der Waals surface area contributed by atoms with Crippen LogP contribution in [0, 0.1) is 6.92 Å². The smallest absolute Gasteiger partial charge is 0.233 e. The average molecular weight is 363 g/mol. The van der Waals surface area contributed by atoms with Crippen LogP contribution in [0.2, 0.25) is 5.02 Å². The maximum Gasteiger partial charge on any atom is 0.233 e. The molecule has 0 atom stereocenters. The van der Waals surface area contributed by atoms with Gasteiger partial charge in [-0.15, -0.1) is 23.4 Å². The van der Waals surface area contributed by atoms with Gasteiger partial charge in [0, 0.05) is 18.1 Å². The molecule has 0 aliphatic carbocycles. The number of thioether (sulfide) groups is 1. The Balaban J connectivity index is 2.10. The summed E-state index contributed by atoms with van der Waals surface area (Å²) in [7, 11) is 0. The van der Waals surface area contributed by atoms with Crippen LogP contribution < -0.4 is 0 Å². The van der Waals surface area contributed by atoms with Crippen molar-refractivity contribution in [3.8, 4) is 5.69 Å². The van der Waals surface area contributed by atoms with Crippen molar-refractivity contribution in [3.63, 3.8) is 0 Å². The Bertz CT molecular complexity index is 734. The van der Waals surface area contributed by atoms with Gasteiger partial charge in [0.1, 0.15) is 6.33 Å². The number of rotatable bonds is 8. The molecule has 0 N–H and O–H groups in total. The topological polar surface area (TPSA) is 51.0 Å². The molecule has 1 amide bonds. The predicted molar refractivity (Wildman–Crippen MR) is 98.8 cm³/mol. The van der Waals surface area contributed by atoms with Crippen LogP contribution in [0.1, 0.15) is 5.56 Å². The maximum atomic E-state index is 12.3. The van der Waals surface area contributed by atoms with Crippen molar-refractivity contribution >= 4 is 29.3 Å². The molecule has 24 heavy (non-hydrogen) atoms. The molecule has 5 nitrogen and oxygen atoms in total. The largest absolute Gasteiger partial charge is 0.335 e. The third-order valence-corrected chi connectivity index (χ3v) is 4.66. The van der Waals surface area contributed by atoms with Gasteiger partial charge in [-0.2, -0.15) is 0 Å². The van der Waals surface area contributed by atoms with Crippen molar-refractivity contribution in [1.82, 2.24) is 19.7 Å². The first kappa shape index (κ1) is 18.3. The molecule has 0 saturated heterocycles. The van der Waals surface area contributed by atoms with Gasteiger partial charge >= 0.3 is 0 Å². The number of halogens is 1. The van der Waals surface area contributed by atoms with E-state index in [0.717, 1.165) is 11.3 Å². The second kappa shape index (κ2) is 8.70.